The third-order valence-electron chi connectivity index (χ3n) is 3.43. The zero-order valence-electron chi connectivity index (χ0n) is 11.1. The van der Waals surface area contributed by atoms with E-state index in [1.54, 1.807) is 19.2 Å². The van der Waals surface area contributed by atoms with Crippen molar-refractivity contribution in [2.75, 3.05) is 0 Å². The summed E-state index contributed by atoms with van der Waals surface area (Å²) in [5.41, 5.74) is 1.34. The lowest BCUT2D eigenvalue weighted by Crippen LogP contribution is -2.23. The number of esters is 1. The third kappa shape index (κ3) is 4.18. The maximum absolute atomic E-state index is 12.0. The second-order valence-electron chi connectivity index (χ2n) is 4.84. The molecular formula is C14H20ClNO3. The Morgan fingerprint density at radius 3 is 2.74 bits per heavy atom. The molecule has 0 saturated heterocycles. The van der Waals surface area contributed by atoms with Crippen LogP contribution in [0.1, 0.15) is 43.4 Å². The average molecular weight is 286 g/mol. The van der Waals surface area contributed by atoms with E-state index in [2.05, 4.69) is 4.98 Å². The Morgan fingerprint density at radius 1 is 1.42 bits per heavy atom. The molecule has 1 aromatic rings. The summed E-state index contributed by atoms with van der Waals surface area (Å²) in [5.74, 6) is 0.336. The number of carbonyl (C=O) groups is 1. The highest BCUT2D eigenvalue weighted by molar-refractivity contribution is 5.85. The number of aliphatic hydroxyl groups excluding tert-OH is 1. The molecule has 0 aliphatic heterocycles. The summed E-state index contributed by atoms with van der Waals surface area (Å²) < 4.78 is 5.41. The Morgan fingerprint density at radius 2 is 2.11 bits per heavy atom. The van der Waals surface area contributed by atoms with Gasteiger partial charge in [-0.2, -0.15) is 0 Å². The molecule has 19 heavy (non-hydrogen) atoms. The minimum atomic E-state index is -0.158. The zero-order chi connectivity index (χ0) is 13.0. The van der Waals surface area contributed by atoms with Gasteiger partial charge in [-0.15, -0.1) is 12.4 Å². The Balaban J connectivity index is 0.00000180. The Labute approximate surface area is 119 Å². The number of hydrogen-bond acceptors (Lipinski definition) is 4. The fourth-order valence-electron chi connectivity index (χ4n) is 2.27. The summed E-state index contributed by atoms with van der Waals surface area (Å²) in [6.07, 6.45) is 6.86. The van der Waals surface area contributed by atoms with Crippen LogP contribution in [0.2, 0.25) is 0 Å². The van der Waals surface area contributed by atoms with Crippen molar-refractivity contribution < 1.29 is 14.6 Å². The van der Waals surface area contributed by atoms with Crippen molar-refractivity contribution in [3.63, 3.8) is 0 Å². The summed E-state index contributed by atoms with van der Waals surface area (Å²) in [6.45, 7) is 1.70. The Kier molecular flexibility index (Phi) is 6.25. The molecule has 1 N–H and O–H groups in total. The van der Waals surface area contributed by atoms with Crippen LogP contribution >= 0.6 is 12.4 Å². The van der Waals surface area contributed by atoms with E-state index in [4.69, 9.17) is 9.84 Å². The first kappa shape index (κ1) is 15.9. The third-order valence-corrected chi connectivity index (χ3v) is 3.43. The maximum atomic E-state index is 12.0. The van der Waals surface area contributed by atoms with Gasteiger partial charge in [0.25, 0.3) is 0 Å². The van der Waals surface area contributed by atoms with Gasteiger partial charge in [0.15, 0.2) is 5.75 Å². The molecule has 0 atom stereocenters. The first-order valence-electron chi connectivity index (χ1n) is 6.49. The quantitative estimate of drug-likeness (QED) is 0.868. The van der Waals surface area contributed by atoms with Crippen LogP contribution < -0.4 is 4.74 Å². The number of aliphatic hydroxyl groups is 1. The van der Waals surface area contributed by atoms with E-state index < -0.39 is 0 Å². The smallest absolute Gasteiger partial charge is 0.314 e. The summed E-state index contributed by atoms with van der Waals surface area (Å²) in [5, 5.41) is 9.06. The maximum Gasteiger partial charge on any atom is 0.314 e. The largest absolute Gasteiger partial charge is 0.424 e. The van der Waals surface area contributed by atoms with Crippen LogP contribution in [0.5, 0.6) is 5.75 Å². The van der Waals surface area contributed by atoms with Crippen molar-refractivity contribution in [3.05, 3.63) is 23.5 Å². The van der Waals surface area contributed by atoms with Crippen molar-refractivity contribution in [2.24, 2.45) is 5.92 Å². The lowest BCUT2D eigenvalue weighted by Gasteiger charge is -2.20. The molecule has 1 aromatic heterocycles. The highest BCUT2D eigenvalue weighted by Crippen LogP contribution is 2.26. The minimum absolute atomic E-state index is 0. The minimum Gasteiger partial charge on any atom is -0.424 e. The molecule has 0 amide bonds. The van der Waals surface area contributed by atoms with E-state index in [1.807, 2.05) is 0 Å². The molecule has 106 valence electrons. The van der Waals surface area contributed by atoms with Crippen LogP contribution in [-0.4, -0.2) is 16.1 Å². The number of rotatable bonds is 3. The first-order chi connectivity index (χ1) is 8.70. The number of ether oxygens (including phenoxy) is 1. The predicted molar refractivity (Wildman–Crippen MR) is 74.4 cm³/mol. The second kappa shape index (κ2) is 7.46. The van der Waals surface area contributed by atoms with Crippen molar-refractivity contribution in [1.82, 2.24) is 4.98 Å². The molecule has 1 saturated carbocycles. The monoisotopic (exact) mass is 285 g/mol. The molecule has 1 aliphatic rings. The van der Waals surface area contributed by atoms with Gasteiger partial charge in [0.2, 0.25) is 0 Å². The molecule has 4 nitrogen and oxygen atoms in total. The molecule has 2 rings (SSSR count). The number of carbonyl (C=O) groups excluding carboxylic acids is 1. The van der Waals surface area contributed by atoms with Gasteiger partial charge < -0.3 is 9.84 Å². The van der Waals surface area contributed by atoms with Crippen LogP contribution in [0.4, 0.5) is 0 Å². The first-order valence-corrected chi connectivity index (χ1v) is 6.49. The highest BCUT2D eigenvalue weighted by atomic mass is 35.5. The fraction of sp³-hybridized carbons (Fsp3) is 0.571. The van der Waals surface area contributed by atoms with Gasteiger partial charge in [0.05, 0.1) is 18.2 Å². The number of hydrogen-bond donors (Lipinski definition) is 1. The normalized spacial score (nSPS) is 15.7. The van der Waals surface area contributed by atoms with E-state index in [9.17, 15) is 4.79 Å². The van der Waals surface area contributed by atoms with Gasteiger partial charge in [0, 0.05) is 6.20 Å². The number of pyridine rings is 1. The Bertz CT molecular complexity index is 431. The fourth-order valence-corrected chi connectivity index (χ4v) is 2.27. The van der Waals surface area contributed by atoms with E-state index in [0.717, 1.165) is 25.7 Å². The molecule has 1 fully saturated rings. The van der Waals surface area contributed by atoms with Crippen LogP contribution in [0.3, 0.4) is 0 Å². The molecule has 0 bridgehead atoms. The highest BCUT2D eigenvalue weighted by Gasteiger charge is 2.23. The molecule has 1 heterocycles. The Hall–Kier alpha value is -1.13. The van der Waals surface area contributed by atoms with Gasteiger partial charge in [-0.25, -0.2) is 0 Å². The number of aryl methyl sites for hydroxylation is 1. The number of halogens is 1. The zero-order valence-corrected chi connectivity index (χ0v) is 11.9. The molecule has 0 aromatic carbocycles. The topological polar surface area (TPSA) is 59.4 Å². The van der Waals surface area contributed by atoms with E-state index in [-0.39, 0.29) is 30.9 Å². The van der Waals surface area contributed by atoms with Crippen LogP contribution in [0.25, 0.3) is 0 Å². The lowest BCUT2D eigenvalue weighted by atomic mass is 9.89. The molecule has 5 heteroatoms. The van der Waals surface area contributed by atoms with Crippen molar-refractivity contribution in [1.29, 1.82) is 0 Å². The van der Waals surface area contributed by atoms with Crippen LogP contribution in [-0.2, 0) is 11.4 Å². The van der Waals surface area contributed by atoms with Gasteiger partial charge in [-0.05, 0) is 31.4 Å². The molecular weight excluding hydrogens is 266 g/mol. The molecule has 0 unspecified atom stereocenters. The molecule has 0 spiro atoms. The van der Waals surface area contributed by atoms with Crippen LogP contribution in [0.15, 0.2) is 12.3 Å². The predicted octanol–water partition coefficient (Wildman–Crippen LogP) is 2.79. The lowest BCUT2D eigenvalue weighted by molar-refractivity contribution is -0.140. The summed E-state index contributed by atoms with van der Waals surface area (Å²) >= 11 is 0. The van der Waals surface area contributed by atoms with Gasteiger partial charge in [-0.3, -0.25) is 9.78 Å². The number of aromatic nitrogens is 1. The van der Waals surface area contributed by atoms with Crippen molar-refractivity contribution in [2.45, 2.75) is 45.6 Å². The van der Waals surface area contributed by atoms with Gasteiger partial charge in [-0.1, -0.05) is 19.3 Å². The van der Waals surface area contributed by atoms with E-state index in [0.29, 0.717) is 17.0 Å². The number of nitrogens with zero attached hydrogens (tertiary/aromatic N) is 1. The van der Waals surface area contributed by atoms with E-state index in [1.165, 1.54) is 6.42 Å². The molecule has 1 aliphatic carbocycles. The molecule has 0 radical (unpaired) electrons. The van der Waals surface area contributed by atoms with Gasteiger partial charge in [0.1, 0.15) is 0 Å². The van der Waals surface area contributed by atoms with E-state index >= 15 is 0 Å². The second-order valence-corrected chi connectivity index (χ2v) is 4.84. The SMILES string of the molecule is Cc1ncc(CO)cc1OC(=O)C1CCCCC1.Cl. The summed E-state index contributed by atoms with van der Waals surface area (Å²) in [7, 11) is 0. The summed E-state index contributed by atoms with van der Waals surface area (Å²) in [6, 6.07) is 1.68. The average Bonchev–Trinajstić information content (AvgIpc) is 2.42. The van der Waals surface area contributed by atoms with Gasteiger partial charge >= 0.3 is 5.97 Å². The summed E-state index contributed by atoms with van der Waals surface area (Å²) in [4.78, 5) is 16.1. The van der Waals surface area contributed by atoms with Crippen molar-refractivity contribution in [3.8, 4) is 5.75 Å². The standard InChI is InChI=1S/C14H19NO3.ClH/c1-10-13(7-11(9-16)8-15-10)18-14(17)12-5-3-2-4-6-12;/h7-8,12,16H,2-6,9H2,1H3;1H. The van der Waals surface area contributed by atoms with Crippen LogP contribution in [0, 0.1) is 12.8 Å². The van der Waals surface area contributed by atoms with Crippen molar-refractivity contribution >= 4 is 18.4 Å².